The predicted molar refractivity (Wildman–Crippen MR) is 78.4 cm³/mol. The summed E-state index contributed by atoms with van der Waals surface area (Å²) in [5, 5.41) is 3.20. The Hall–Kier alpha value is -1.75. The number of aryl methyl sites for hydroxylation is 1. The van der Waals surface area contributed by atoms with Gasteiger partial charge >= 0.3 is 5.97 Å². The van der Waals surface area contributed by atoms with Crippen molar-refractivity contribution < 1.29 is 19.1 Å². The minimum absolute atomic E-state index is 0.237. The van der Waals surface area contributed by atoms with E-state index in [1.165, 1.54) is 6.92 Å². The SMILES string of the molecule is Cc1ccc(Cl)c(OCC(=O)O[C@@H](C)C(=O)NC2CC2)c1. The number of esters is 1. The van der Waals surface area contributed by atoms with Crippen molar-refractivity contribution in [3.63, 3.8) is 0 Å². The van der Waals surface area contributed by atoms with Crippen LogP contribution < -0.4 is 10.1 Å². The minimum Gasteiger partial charge on any atom is -0.480 e. The molecule has 1 N–H and O–H groups in total. The molecular weight excluding hydrogens is 294 g/mol. The molecule has 1 fully saturated rings. The van der Waals surface area contributed by atoms with Crippen LogP contribution >= 0.6 is 11.6 Å². The number of benzene rings is 1. The van der Waals surface area contributed by atoms with Crippen molar-refractivity contribution in [3.05, 3.63) is 28.8 Å². The summed E-state index contributed by atoms with van der Waals surface area (Å²) < 4.78 is 10.3. The summed E-state index contributed by atoms with van der Waals surface area (Å²) in [7, 11) is 0. The van der Waals surface area contributed by atoms with Gasteiger partial charge in [-0.1, -0.05) is 17.7 Å². The molecule has 1 aliphatic rings. The maximum atomic E-state index is 11.7. The highest BCUT2D eigenvalue weighted by Crippen LogP contribution is 2.25. The van der Waals surface area contributed by atoms with Crippen LogP contribution in [0, 0.1) is 6.92 Å². The van der Waals surface area contributed by atoms with Crippen molar-refractivity contribution in [2.45, 2.75) is 38.8 Å². The lowest BCUT2D eigenvalue weighted by molar-refractivity contribution is -0.156. The Morgan fingerprint density at radius 2 is 2.14 bits per heavy atom. The molecule has 2 rings (SSSR count). The van der Waals surface area contributed by atoms with Crippen LogP contribution in [0.5, 0.6) is 5.75 Å². The number of carbonyl (C=O) groups excluding carboxylic acids is 2. The van der Waals surface area contributed by atoms with Gasteiger partial charge in [0.15, 0.2) is 12.7 Å². The Bertz CT molecular complexity index is 542. The lowest BCUT2D eigenvalue weighted by atomic mass is 10.2. The van der Waals surface area contributed by atoms with E-state index in [0.29, 0.717) is 10.8 Å². The first kappa shape index (κ1) is 15.6. The molecule has 0 unspecified atom stereocenters. The Morgan fingerprint density at radius 1 is 1.43 bits per heavy atom. The molecule has 1 aromatic carbocycles. The molecule has 0 radical (unpaired) electrons. The highest BCUT2D eigenvalue weighted by Gasteiger charge is 2.27. The number of halogens is 1. The zero-order chi connectivity index (χ0) is 15.4. The normalized spacial score (nSPS) is 15.2. The predicted octanol–water partition coefficient (Wildman–Crippen LogP) is 2.24. The van der Waals surface area contributed by atoms with E-state index in [9.17, 15) is 9.59 Å². The van der Waals surface area contributed by atoms with Gasteiger partial charge in [0.2, 0.25) is 0 Å². The van der Waals surface area contributed by atoms with E-state index in [1.807, 2.05) is 13.0 Å². The van der Waals surface area contributed by atoms with Gasteiger partial charge in [0.1, 0.15) is 5.75 Å². The number of rotatable bonds is 6. The van der Waals surface area contributed by atoms with Crippen LogP contribution in [-0.4, -0.2) is 30.6 Å². The Kier molecular flexibility index (Phi) is 5.07. The van der Waals surface area contributed by atoms with Crippen LogP contribution in [0.1, 0.15) is 25.3 Å². The molecule has 6 heteroatoms. The number of carbonyl (C=O) groups is 2. The van der Waals surface area contributed by atoms with Crippen LogP contribution in [0.2, 0.25) is 5.02 Å². The molecule has 5 nitrogen and oxygen atoms in total. The molecule has 114 valence electrons. The van der Waals surface area contributed by atoms with Gasteiger partial charge in [-0.3, -0.25) is 4.79 Å². The third-order valence-electron chi connectivity index (χ3n) is 3.03. The van der Waals surface area contributed by atoms with Gasteiger partial charge in [0.05, 0.1) is 5.02 Å². The lowest BCUT2D eigenvalue weighted by Crippen LogP contribution is -2.37. The standard InChI is InChI=1S/C15H18ClNO4/c1-9-3-6-12(16)13(7-9)20-8-14(18)21-10(2)15(19)17-11-4-5-11/h3,6-7,10-11H,4-5,8H2,1-2H3,(H,17,19)/t10-/m0/s1. The van der Waals surface area contributed by atoms with Gasteiger partial charge < -0.3 is 14.8 Å². The molecule has 0 heterocycles. The first-order valence-electron chi connectivity index (χ1n) is 6.84. The third kappa shape index (κ3) is 4.93. The van der Waals surface area contributed by atoms with Crippen LogP contribution in [-0.2, 0) is 14.3 Å². The number of hydrogen-bond donors (Lipinski definition) is 1. The minimum atomic E-state index is -0.824. The fourth-order valence-corrected chi connectivity index (χ4v) is 1.86. The summed E-state index contributed by atoms with van der Waals surface area (Å²) in [4.78, 5) is 23.3. The van der Waals surface area contributed by atoms with Crippen LogP contribution in [0.15, 0.2) is 18.2 Å². The highest BCUT2D eigenvalue weighted by atomic mass is 35.5. The van der Waals surface area contributed by atoms with Gasteiger partial charge in [-0.15, -0.1) is 0 Å². The van der Waals surface area contributed by atoms with Crippen molar-refractivity contribution in [2.75, 3.05) is 6.61 Å². The second kappa shape index (κ2) is 6.80. The summed E-state index contributed by atoms with van der Waals surface area (Å²) in [6, 6.07) is 5.51. The summed E-state index contributed by atoms with van der Waals surface area (Å²) in [6.45, 7) is 3.14. The molecule has 21 heavy (non-hydrogen) atoms. The van der Waals surface area contributed by atoms with E-state index in [1.54, 1.807) is 12.1 Å². The van der Waals surface area contributed by atoms with E-state index >= 15 is 0 Å². The van der Waals surface area contributed by atoms with E-state index in [4.69, 9.17) is 21.1 Å². The second-order valence-corrected chi connectivity index (χ2v) is 5.54. The third-order valence-corrected chi connectivity index (χ3v) is 3.35. The maximum Gasteiger partial charge on any atom is 0.344 e. The monoisotopic (exact) mass is 311 g/mol. The first-order chi connectivity index (χ1) is 9.95. The number of hydrogen-bond acceptors (Lipinski definition) is 4. The Labute approximate surface area is 128 Å². The van der Waals surface area contributed by atoms with E-state index in [2.05, 4.69) is 5.32 Å². The fourth-order valence-electron chi connectivity index (χ4n) is 1.69. The van der Waals surface area contributed by atoms with Crippen molar-refractivity contribution in [1.29, 1.82) is 0 Å². The van der Waals surface area contributed by atoms with E-state index in [0.717, 1.165) is 18.4 Å². The molecule has 1 saturated carbocycles. The van der Waals surface area contributed by atoms with Gasteiger partial charge in [0, 0.05) is 6.04 Å². The summed E-state index contributed by atoms with van der Waals surface area (Å²) in [5.41, 5.74) is 0.972. The topological polar surface area (TPSA) is 64.6 Å². The average molecular weight is 312 g/mol. The molecule has 0 aliphatic heterocycles. The zero-order valence-electron chi connectivity index (χ0n) is 12.0. The largest absolute Gasteiger partial charge is 0.480 e. The molecule has 0 bridgehead atoms. The molecule has 1 aliphatic carbocycles. The molecule has 1 atom stereocenters. The van der Waals surface area contributed by atoms with Gasteiger partial charge in [0.25, 0.3) is 5.91 Å². The first-order valence-corrected chi connectivity index (χ1v) is 7.22. The Morgan fingerprint density at radius 3 is 2.81 bits per heavy atom. The van der Waals surface area contributed by atoms with E-state index in [-0.39, 0.29) is 18.6 Å². The van der Waals surface area contributed by atoms with Crippen LogP contribution in [0.4, 0.5) is 0 Å². The van der Waals surface area contributed by atoms with Gasteiger partial charge in [-0.05, 0) is 44.4 Å². The summed E-state index contributed by atoms with van der Waals surface area (Å²) in [5.74, 6) is -0.464. The quantitative estimate of drug-likeness (QED) is 0.818. The number of amides is 1. The van der Waals surface area contributed by atoms with Crippen molar-refractivity contribution in [2.24, 2.45) is 0 Å². The molecular formula is C15H18ClNO4. The number of nitrogens with one attached hydrogen (secondary N) is 1. The maximum absolute atomic E-state index is 11.7. The van der Waals surface area contributed by atoms with Crippen LogP contribution in [0.3, 0.4) is 0 Å². The number of ether oxygens (including phenoxy) is 2. The van der Waals surface area contributed by atoms with E-state index < -0.39 is 12.1 Å². The van der Waals surface area contributed by atoms with Gasteiger partial charge in [-0.2, -0.15) is 0 Å². The summed E-state index contributed by atoms with van der Waals surface area (Å²) >= 11 is 5.96. The lowest BCUT2D eigenvalue weighted by Gasteiger charge is -2.14. The molecule has 1 aromatic rings. The van der Waals surface area contributed by atoms with Crippen molar-refractivity contribution >= 4 is 23.5 Å². The highest BCUT2D eigenvalue weighted by molar-refractivity contribution is 6.32. The van der Waals surface area contributed by atoms with Crippen molar-refractivity contribution in [3.8, 4) is 5.75 Å². The zero-order valence-corrected chi connectivity index (χ0v) is 12.8. The van der Waals surface area contributed by atoms with Crippen molar-refractivity contribution in [1.82, 2.24) is 5.32 Å². The van der Waals surface area contributed by atoms with Crippen LogP contribution in [0.25, 0.3) is 0 Å². The fraction of sp³-hybridized carbons (Fsp3) is 0.467. The second-order valence-electron chi connectivity index (χ2n) is 5.14. The Balaban J connectivity index is 1.78. The van der Waals surface area contributed by atoms with Gasteiger partial charge in [-0.25, -0.2) is 4.79 Å². The molecule has 0 spiro atoms. The molecule has 0 saturated heterocycles. The molecule has 0 aromatic heterocycles. The summed E-state index contributed by atoms with van der Waals surface area (Å²) in [6.07, 6.45) is 1.15. The average Bonchev–Trinajstić information content (AvgIpc) is 3.23. The smallest absolute Gasteiger partial charge is 0.344 e. The molecule has 1 amide bonds.